The molecule has 0 aromatic rings. The summed E-state index contributed by atoms with van der Waals surface area (Å²) in [6.07, 6.45) is 3.23. The Kier molecular flexibility index (Phi) is 5.25. The number of carbonyl (C=O) groups excluding carboxylic acids is 1. The molecule has 0 fully saturated rings. The minimum absolute atomic E-state index is 0.209. The Morgan fingerprint density at radius 1 is 1.55 bits per heavy atom. The predicted molar refractivity (Wildman–Crippen MR) is 43.8 cm³/mol. The molecule has 0 bridgehead atoms. The average Bonchev–Trinajstić information content (AvgIpc) is 2.00. The summed E-state index contributed by atoms with van der Waals surface area (Å²) in [5.74, 6) is -0.409. The molecule has 3 nitrogen and oxygen atoms in total. The van der Waals surface area contributed by atoms with Crippen LogP contribution in [0.4, 0.5) is 0 Å². The van der Waals surface area contributed by atoms with E-state index in [2.05, 4.69) is 0 Å². The molecule has 0 aromatic heterocycles. The lowest BCUT2D eigenvalue weighted by atomic mass is 10.3. The molecular weight excluding hydrogens is 142 g/mol. The molecule has 11 heavy (non-hydrogen) atoms. The van der Waals surface area contributed by atoms with Crippen molar-refractivity contribution < 1.29 is 9.53 Å². The fraction of sp³-hybridized carbons (Fsp3) is 0.625. The van der Waals surface area contributed by atoms with Gasteiger partial charge in [-0.05, 0) is 12.8 Å². The average molecular weight is 157 g/mol. The van der Waals surface area contributed by atoms with Crippen molar-refractivity contribution in [2.45, 2.75) is 26.7 Å². The summed E-state index contributed by atoms with van der Waals surface area (Å²) in [5.41, 5.74) is 5.56. The third-order valence-electron chi connectivity index (χ3n) is 1.10. The van der Waals surface area contributed by atoms with Crippen LogP contribution < -0.4 is 5.73 Å². The maximum atomic E-state index is 10.9. The molecule has 2 N–H and O–H groups in total. The van der Waals surface area contributed by atoms with Crippen molar-refractivity contribution in [2.75, 3.05) is 6.61 Å². The van der Waals surface area contributed by atoms with Gasteiger partial charge < -0.3 is 10.5 Å². The highest BCUT2D eigenvalue weighted by Crippen LogP contribution is 1.92. The number of esters is 1. The van der Waals surface area contributed by atoms with E-state index in [9.17, 15) is 4.79 Å². The monoisotopic (exact) mass is 157 g/mol. The van der Waals surface area contributed by atoms with Crippen LogP contribution in [0.25, 0.3) is 0 Å². The number of ether oxygens (including phenoxy) is 1. The molecule has 0 spiro atoms. The lowest BCUT2D eigenvalue weighted by molar-refractivity contribution is -0.139. The number of hydrogen-bond acceptors (Lipinski definition) is 3. The molecule has 0 aliphatic carbocycles. The summed E-state index contributed by atoms with van der Waals surface area (Å²) >= 11 is 0. The van der Waals surface area contributed by atoms with Crippen molar-refractivity contribution in [1.29, 1.82) is 0 Å². The highest BCUT2D eigenvalue weighted by atomic mass is 16.5. The van der Waals surface area contributed by atoms with E-state index in [1.807, 2.05) is 13.8 Å². The number of hydrogen-bond donors (Lipinski definition) is 1. The van der Waals surface area contributed by atoms with Crippen LogP contribution in [0.5, 0.6) is 0 Å². The Labute approximate surface area is 67.2 Å². The van der Waals surface area contributed by atoms with Gasteiger partial charge in [-0.15, -0.1) is 0 Å². The third-order valence-corrected chi connectivity index (χ3v) is 1.10. The molecule has 0 aliphatic heterocycles. The first-order valence-electron chi connectivity index (χ1n) is 3.85. The van der Waals surface area contributed by atoms with Crippen LogP contribution in [0.1, 0.15) is 26.7 Å². The molecular formula is C8H15NO2. The second-order valence-electron chi connectivity index (χ2n) is 2.20. The lowest BCUT2D eigenvalue weighted by Crippen LogP contribution is -2.15. The number of rotatable bonds is 4. The van der Waals surface area contributed by atoms with Gasteiger partial charge in [-0.2, -0.15) is 0 Å². The molecule has 0 unspecified atom stereocenters. The maximum absolute atomic E-state index is 10.9. The van der Waals surface area contributed by atoms with E-state index in [0.29, 0.717) is 6.61 Å². The number of carbonyl (C=O) groups is 1. The van der Waals surface area contributed by atoms with Crippen LogP contribution in [0.3, 0.4) is 0 Å². The summed E-state index contributed by atoms with van der Waals surface area (Å²) < 4.78 is 4.77. The van der Waals surface area contributed by atoms with Gasteiger partial charge in [-0.3, -0.25) is 0 Å². The topological polar surface area (TPSA) is 52.3 Å². The van der Waals surface area contributed by atoms with Crippen molar-refractivity contribution in [3.8, 4) is 0 Å². The first-order chi connectivity index (χ1) is 5.22. The van der Waals surface area contributed by atoms with Crippen LogP contribution in [0.2, 0.25) is 0 Å². The van der Waals surface area contributed by atoms with Crippen molar-refractivity contribution in [1.82, 2.24) is 0 Å². The van der Waals surface area contributed by atoms with Crippen molar-refractivity contribution in [3.63, 3.8) is 0 Å². The SMILES string of the molecule is CCC=C(N)C(=O)OCCC. The highest BCUT2D eigenvalue weighted by Gasteiger charge is 2.03. The predicted octanol–water partition coefficient (Wildman–Crippen LogP) is 1.19. The lowest BCUT2D eigenvalue weighted by Gasteiger charge is -2.01. The van der Waals surface area contributed by atoms with E-state index in [0.717, 1.165) is 12.8 Å². The van der Waals surface area contributed by atoms with E-state index in [1.54, 1.807) is 6.08 Å². The van der Waals surface area contributed by atoms with E-state index in [1.165, 1.54) is 0 Å². The van der Waals surface area contributed by atoms with Crippen molar-refractivity contribution >= 4 is 5.97 Å². The summed E-state index contributed by atoms with van der Waals surface area (Å²) in [4.78, 5) is 10.9. The van der Waals surface area contributed by atoms with Gasteiger partial charge in [-0.1, -0.05) is 19.9 Å². The molecule has 0 atom stereocenters. The van der Waals surface area contributed by atoms with Gasteiger partial charge in [0.25, 0.3) is 0 Å². The second kappa shape index (κ2) is 5.77. The molecule has 0 rings (SSSR count). The van der Waals surface area contributed by atoms with Crippen LogP contribution in [0.15, 0.2) is 11.8 Å². The van der Waals surface area contributed by atoms with Gasteiger partial charge in [0.2, 0.25) is 0 Å². The van der Waals surface area contributed by atoms with Gasteiger partial charge in [-0.25, -0.2) is 4.79 Å². The van der Waals surface area contributed by atoms with Gasteiger partial charge in [0.15, 0.2) is 0 Å². The summed E-state index contributed by atoms with van der Waals surface area (Å²) in [5, 5.41) is 0. The molecule has 0 heterocycles. The minimum Gasteiger partial charge on any atom is -0.461 e. The first-order valence-corrected chi connectivity index (χ1v) is 3.85. The second-order valence-corrected chi connectivity index (χ2v) is 2.20. The largest absolute Gasteiger partial charge is 0.461 e. The van der Waals surface area contributed by atoms with Crippen LogP contribution >= 0.6 is 0 Å². The Bertz CT molecular complexity index is 152. The van der Waals surface area contributed by atoms with Gasteiger partial charge in [0.1, 0.15) is 5.70 Å². The van der Waals surface area contributed by atoms with Crippen molar-refractivity contribution in [2.24, 2.45) is 5.73 Å². The zero-order valence-corrected chi connectivity index (χ0v) is 7.09. The fourth-order valence-corrected chi connectivity index (χ4v) is 0.581. The Balaban J connectivity index is 3.73. The molecule has 0 amide bonds. The number of nitrogens with two attached hydrogens (primary N) is 1. The molecule has 64 valence electrons. The molecule has 0 radical (unpaired) electrons. The zero-order chi connectivity index (χ0) is 8.69. The molecule has 0 saturated carbocycles. The first kappa shape index (κ1) is 10.0. The third kappa shape index (κ3) is 4.42. The molecule has 0 aromatic carbocycles. The van der Waals surface area contributed by atoms with Crippen molar-refractivity contribution in [3.05, 3.63) is 11.8 Å². The Hall–Kier alpha value is -0.990. The molecule has 3 heteroatoms. The summed E-state index contributed by atoms with van der Waals surface area (Å²) in [7, 11) is 0. The highest BCUT2D eigenvalue weighted by molar-refractivity contribution is 5.87. The Morgan fingerprint density at radius 3 is 2.64 bits per heavy atom. The Morgan fingerprint density at radius 2 is 2.18 bits per heavy atom. The zero-order valence-electron chi connectivity index (χ0n) is 7.09. The summed E-state index contributed by atoms with van der Waals surface area (Å²) in [6, 6.07) is 0. The fourth-order valence-electron chi connectivity index (χ4n) is 0.581. The van der Waals surface area contributed by atoms with E-state index >= 15 is 0 Å². The van der Waals surface area contributed by atoms with E-state index < -0.39 is 5.97 Å². The van der Waals surface area contributed by atoms with Gasteiger partial charge in [0.05, 0.1) is 6.61 Å². The van der Waals surface area contributed by atoms with Crippen LogP contribution in [-0.2, 0) is 9.53 Å². The minimum atomic E-state index is -0.409. The quantitative estimate of drug-likeness (QED) is 0.492. The smallest absolute Gasteiger partial charge is 0.353 e. The number of allylic oxidation sites excluding steroid dienone is 1. The van der Waals surface area contributed by atoms with Gasteiger partial charge in [0, 0.05) is 0 Å². The van der Waals surface area contributed by atoms with Crippen LogP contribution in [-0.4, -0.2) is 12.6 Å². The molecule has 0 aliphatic rings. The normalized spacial score (nSPS) is 11.3. The maximum Gasteiger partial charge on any atom is 0.353 e. The standard InChI is InChI=1S/C8H15NO2/c1-3-5-7(9)8(10)11-6-4-2/h5H,3-4,6,9H2,1-2H3. The van der Waals surface area contributed by atoms with E-state index in [-0.39, 0.29) is 5.70 Å². The molecule has 0 saturated heterocycles. The summed E-state index contributed by atoms with van der Waals surface area (Å²) in [6.45, 7) is 4.30. The van der Waals surface area contributed by atoms with Crippen LogP contribution in [0, 0.1) is 0 Å². The van der Waals surface area contributed by atoms with E-state index in [4.69, 9.17) is 10.5 Å². The van der Waals surface area contributed by atoms with Gasteiger partial charge >= 0.3 is 5.97 Å².